The van der Waals surface area contributed by atoms with E-state index in [9.17, 15) is 8.78 Å². The molecule has 0 saturated carbocycles. The Kier molecular flexibility index (Phi) is 3.75. The summed E-state index contributed by atoms with van der Waals surface area (Å²) >= 11 is 0. The third-order valence-corrected chi connectivity index (χ3v) is 2.42. The molecule has 0 aliphatic heterocycles. The molecule has 0 aliphatic rings. The van der Waals surface area contributed by atoms with Gasteiger partial charge in [-0.15, -0.1) is 0 Å². The molecule has 0 atom stereocenters. The minimum Gasteiger partial charge on any atom is -0.469 e. The zero-order valence-corrected chi connectivity index (χ0v) is 9.25. The van der Waals surface area contributed by atoms with Crippen molar-refractivity contribution in [3.05, 3.63) is 54.0 Å². The number of rotatable bonds is 5. The first-order valence-corrected chi connectivity index (χ1v) is 5.47. The van der Waals surface area contributed by atoms with E-state index >= 15 is 0 Å². The fraction of sp³-hybridized carbons (Fsp3) is 0.231. The fourth-order valence-electron chi connectivity index (χ4n) is 1.57. The van der Waals surface area contributed by atoms with Crippen molar-refractivity contribution < 1.29 is 13.2 Å². The summed E-state index contributed by atoms with van der Waals surface area (Å²) in [5.74, 6) is 0.0100. The largest absolute Gasteiger partial charge is 0.469 e. The normalized spacial score (nSPS) is 10.5. The fourth-order valence-corrected chi connectivity index (χ4v) is 1.57. The van der Waals surface area contributed by atoms with Crippen LogP contribution in [0, 0.1) is 11.6 Å². The predicted octanol–water partition coefficient (Wildman–Crippen LogP) is 3.60. The third-order valence-electron chi connectivity index (χ3n) is 2.42. The molecule has 2 nitrogen and oxygen atoms in total. The van der Waals surface area contributed by atoms with E-state index in [1.165, 1.54) is 0 Å². The smallest absolute Gasteiger partial charge is 0.146 e. The number of aryl methyl sites for hydroxylation is 1. The molecule has 0 saturated heterocycles. The monoisotopic (exact) mass is 237 g/mol. The molecule has 1 aromatic heterocycles. The Morgan fingerprint density at radius 2 is 2.06 bits per heavy atom. The Bertz CT molecular complexity index is 468. The van der Waals surface area contributed by atoms with E-state index in [2.05, 4.69) is 5.32 Å². The van der Waals surface area contributed by atoms with E-state index in [0.29, 0.717) is 6.54 Å². The van der Waals surface area contributed by atoms with E-state index in [1.54, 1.807) is 6.26 Å². The number of hydrogen-bond acceptors (Lipinski definition) is 2. The van der Waals surface area contributed by atoms with Gasteiger partial charge >= 0.3 is 0 Å². The number of benzene rings is 1. The Morgan fingerprint density at radius 3 is 2.82 bits per heavy atom. The van der Waals surface area contributed by atoms with Crippen molar-refractivity contribution in [1.82, 2.24) is 0 Å². The van der Waals surface area contributed by atoms with Crippen LogP contribution in [0.4, 0.5) is 14.5 Å². The Labute approximate surface area is 98.3 Å². The van der Waals surface area contributed by atoms with Crippen molar-refractivity contribution in [2.45, 2.75) is 12.8 Å². The second kappa shape index (κ2) is 5.48. The molecule has 0 unspecified atom stereocenters. The number of hydrogen-bond donors (Lipinski definition) is 1. The van der Waals surface area contributed by atoms with E-state index < -0.39 is 11.6 Å². The first-order valence-electron chi connectivity index (χ1n) is 5.47. The maximum absolute atomic E-state index is 13.2. The molecule has 17 heavy (non-hydrogen) atoms. The SMILES string of the molecule is Fc1ccc(F)c(NCCCc2ccco2)c1. The number of furan rings is 1. The molecule has 2 aromatic rings. The van der Waals surface area contributed by atoms with Gasteiger partial charge in [-0.2, -0.15) is 0 Å². The lowest BCUT2D eigenvalue weighted by atomic mass is 10.2. The minimum absolute atomic E-state index is 0.199. The van der Waals surface area contributed by atoms with Crippen LogP contribution < -0.4 is 5.32 Å². The van der Waals surface area contributed by atoms with Crippen molar-refractivity contribution in [2.24, 2.45) is 0 Å². The Morgan fingerprint density at radius 1 is 1.18 bits per heavy atom. The molecule has 0 spiro atoms. The van der Waals surface area contributed by atoms with Crippen LogP contribution in [-0.4, -0.2) is 6.54 Å². The molecule has 0 bridgehead atoms. The van der Waals surface area contributed by atoms with Gasteiger partial charge in [-0.05, 0) is 36.8 Å². The number of nitrogens with one attached hydrogen (secondary N) is 1. The molecule has 0 radical (unpaired) electrons. The molecule has 4 heteroatoms. The molecule has 1 N–H and O–H groups in total. The van der Waals surface area contributed by atoms with Crippen LogP contribution in [-0.2, 0) is 6.42 Å². The molecule has 0 amide bonds. The van der Waals surface area contributed by atoms with Gasteiger partial charge in [0, 0.05) is 13.0 Å². The van der Waals surface area contributed by atoms with Crippen molar-refractivity contribution in [2.75, 3.05) is 11.9 Å². The van der Waals surface area contributed by atoms with E-state index in [0.717, 1.165) is 36.8 Å². The van der Waals surface area contributed by atoms with Gasteiger partial charge in [0.25, 0.3) is 0 Å². The summed E-state index contributed by atoms with van der Waals surface area (Å²) in [6, 6.07) is 7.09. The maximum Gasteiger partial charge on any atom is 0.146 e. The van der Waals surface area contributed by atoms with Crippen LogP contribution in [0.1, 0.15) is 12.2 Å². The summed E-state index contributed by atoms with van der Waals surface area (Å²) in [4.78, 5) is 0. The van der Waals surface area contributed by atoms with Gasteiger partial charge in [0.2, 0.25) is 0 Å². The second-order valence-corrected chi connectivity index (χ2v) is 3.73. The highest BCUT2D eigenvalue weighted by Crippen LogP contribution is 2.15. The molecule has 0 aliphatic carbocycles. The van der Waals surface area contributed by atoms with Crippen molar-refractivity contribution in [1.29, 1.82) is 0 Å². The minimum atomic E-state index is -0.445. The number of halogens is 2. The van der Waals surface area contributed by atoms with Crippen LogP contribution in [0.15, 0.2) is 41.0 Å². The molecule has 0 fully saturated rings. The lowest BCUT2D eigenvalue weighted by Crippen LogP contribution is -2.04. The van der Waals surface area contributed by atoms with Crippen LogP contribution in [0.5, 0.6) is 0 Å². The van der Waals surface area contributed by atoms with Crippen molar-refractivity contribution in [3.8, 4) is 0 Å². The zero-order chi connectivity index (χ0) is 12.1. The highest BCUT2D eigenvalue weighted by Gasteiger charge is 2.03. The predicted molar refractivity (Wildman–Crippen MR) is 61.9 cm³/mol. The summed E-state index contributed by atoms with van der Waals surface area (Å²) in [7, 11) is 0. The van der Waals surface area contributed by atoms with Crippen LogP contribution in [0.2, 0.25) is 0 Å². The topological polar surface area (TPSA) is 25.2 Å². The first-order chi connectivity index (χ1) is 8.25. The first kappa shape index (κ1) is 11.6. The average Bonchev–Trinajstić information content (AvgIpc) is 2.82. The summed E-state index contributed by atoms with van der Waals surface area (Å²) in [5, 5.41) is 2.86. The van der Waals surface area contributed by atoms with Gasteiger partial charge in [-0.25, -0.2) is 8.78 Å². The van der Waals surface area contributed by atoms with E-state index in [4.69, 9.17) is 4.42 Å². The standard InChI is InChI=1S/C13H13F2NO/c14-10-5-6-12(15)13(9-10)16-7-1-3-11-4-2-8-17-11/h2,4-6,8-9,16H,1,3,7H2. The number of anilines is 1. The molecule has 90 valence electrons. The van der Waals surface area contributed by atoms with E-state index in [1.807, 2.05) is 12.1 Å². The third kappa shape index (κ3) is 3.31. The van der Waals surface area contributed by atoms with Gasteiger partial charge in [-0.3, -0.25) is 0 Å². The van der Waals surface area contributed by atoms with Gasteiger partial charge in [0.1, 0.15) is 17.4 Å². The quantitative estimate of drug-likeness (QED) is 0.804. The van der Waals surface area contributed by atoms with Crippen LogP contribution >= 0.6 is 0 Å². The Hall–Kier alpha value is -1.84. The lowest BCUT2D eigenvalue weighted by molar-refractivity contribution is 0.504. The molecule has 2 rings (SSSR count). The molecular weight excluding hydrogens is 224 g/mol. The summed E-state index contributed by atoms with van der Waals surface area (Å²) < 4.78 is 31.2. The molecular formula is C13H13F2NO. The lowest BCUT2D eigenvalue weighted by Gasteiger charge is -2.06. The summed E-state index contributed by atoms with van der Waals surface area (Å²) in [5.41, 5.74) is 0.199. The van der Waals surface area contributed by atoms with Gasteiger partial charge in [0.15, 0.2) is 0 Å². The summed E-state index contributed by atoms with van der Waals surface area (Å²) in [6.45, 7) is 0.571. The second-order valence-electron chi connectivity index (χ2n) is 3.73. The maximum atomic E-state index is 13.2. The van der Waals surface area contributed by atoms with Gasteiger partial charge in [0.05, 0.1) is 12.0 Å². The van der Waals surface area contributed by atoms with Gasteiger partial charge < -0.3 is 9.73 Å². The zero-order valence-electron chi connectivity index (χ0n) is 9.25. The van der Waals surface area contributed by atoms with E-state index in [-0.39, 0.29) is 5.69 Å². The highest BCUT2D eigenvalue weighted by atomic mass is 19.1. The van der Waals surface area contributed by atoms with Crippen LogP contribution in [0.25, 0.3) is 0 Å². The average molecular weight is 237 g/mol. The molecule has 1 heterocycles. The van der Waals surface area contributed by atoms with Gasteiger partial charge in [-0.1, -0.05) is 0 Å². The van der Waals surface area contributed by atoms with Crippen LogP contribution in [0.3, 0.4) is 0 Å². The Balaban J connectivity index is 1.80. The molecule has 1 aromatic carbocycles. The van der Waals surface area contributed by atoms with Crippen molar-refractivity contribution in [3.63, 3.8) is 0 Å². The van der Waals surface area contributed by atoms with Crippen molar-refractivity contribution >= 4 is 5.69 Å². The highest BCUT2D eigenvalue weighted by molar-refractivity contribution is 5.44. The summed E-state index contributed by atoms with van der Waals surface area (Å²) in [6.07, 6.45) is 3.19.